The van der Waals surface area contributed by atoms with Gasteiger partial charge in [-0.3, -0.25) is 0 Å². The van der Waals surface area contributed by atoms with Gasteiger partial charge in [0.15, 0.2) is 0 Å². The fraction of sp³-hybridized carbons (Fsp3) is 0.647. The molecular formula is C17H27ClN2O3S. The Hall–Kier alpha value is -0.820. The third-order valence-corrected chi connectivity index (χ3v) is 6.74. The molecule has 1 heterocycles. The van der Waals surface area contributed by atoms with Crippen molar-refractivity contribution in [1.29, 1.82) is 0 Å². The monoisotopic (exact) mass is 374 g/mol. The average Bonchev–Trinajstić information content (AvgIpc) is 3.02. The molecule has 0 radical (unpaired) electrons. The molecule has 0 bridgehead atoms. The van der Waals surface area contributed by atoms with E-state index < -0.39 is 10.0 Å². The summed E-state index contributed by atoms with van der Waals surface area (Å²) in [6.45, 7) is 1.64. The molecule has 1 aliphatic carbocycles. The topological polar surface area (TPSA) is 72.6 Å². The Bertz CT molecular complexity index is 615. The first-order valence-corrected chi connectivity index (χ1v) is 9.98. The Kier molecular flexibility index (Phi) is 6.92. The second kappa shape index (κ2) is 8.52. The average molecular weight is 375 g/mol. The molecule has 0 amide bonds. The predicted molar refractivity (Wildman–Crippen MR) is 97.1 cm³/mol. The van der Waals surface area contributed by atoms with Gasteiger partial charge in [0, 0.05) is 19.1 Å². The van der Waals surface area contributed by atoms with Crippen molar-refractivity contribution in [1.82, 2.24) is 4.31 Å². The van der Waals surface area contributed by atoms with E-state index in [1.165, 1.54) is 36.4 Å². The maximum Gasteiger partial charge on any atom is 0.243 e. The number of nitrogens with two attached hydrogens (primary N) is 1. The molecular weight excluding hydrogens is 348 g/mol. The summed E-state index contributed by atoms with van der Waals surface area (Å²) < 4.78 is 32.3. The van der Waals surface area contributed by atoms with Crippen LogP contribution in [0, 0.1) is 5.92 Å². The Morgan fingerprint density at radius 2 is 1.75 bits per heavy atom. The van der Waals surface area contributed by atoms with Gasteiger partial charge in [-0.05, 0) is 49.4 Å². The van der Waals surface area contributed by atoms with E-state index in [0.717, 1.165) is 18.8 Å². The van der Waals surface area contributed by atoms with E-state index in [1.807, 2.05) is 0 Å². The summed E-state index contributed by atoms with van der Waals surface area (Å²) in [5.74, 6) is 1.38. The van der Waals surface area contributed by atoms with Crippen LogP contribution >= 0.6 is 12.4 Å². The van der Waals surface area contributed by atoms with Gasteiger partial charge in [-0.2, -0.15) is 4.31 Å². The van der Waals surface area contributed by atoms with E-state index in [4.69, 9.17) is 10.5 Å². The fourth-order valence-electron chi connectivity index (χ4n) is 3.40. The summed E-state index contributed by atoms with van der Waals surface area (Å²) in [7, 11) is -3.43. The van der Waals surface area contributed by atoms with Gasteiger partial charge in [-0.15, -0.1) is 12.4 Å². The van der Waals surface area contributed by atoms with Crippen LogP contribution in [0.25, 0.3) is 0 Å². The molecule has 1 atom stereocenters. The molecule has 2 fully saturated rings. The van der Waals surface area contributed by atoms with Gasteiger partial charge in [0.2, 0.25) is 10.0 Å². The first-order chi connectivity index (χ1) is 11.1. The molecule has 2 N–H and O–H groups in total. The highest BCUT2D eigenvalue weighted by Crippen LogP contribution is 2.26. The minimum absolute atomic E-state index is 0. The first-order valence-electron chi connectivity index (χ1n) is 8.54. The third-order valence-electron chi connectivity index (χ3n) is 4.86. The molecule has 24 heavy (non-hydrogen) atoms. The van der Waals surface area contributed by atoms with Gasteiger partial charge < -0.3 is 10.5 Å². The molecule has 1 aliphatic heterocycles. The fourth-order valence-corrected chi connectivity index (χ4v) is 4.91. The van der Waals surface area contributed by atoms with Gasteiger partial charge in [0.25, 0.3) is 0 Å². The second-order valence-electron chi connectivity index (χ2n) is 6.70. The van der Waals surface area contributed by atoms with Crippen LogP contribution in [0.1, 0.15) is 38.5 Å². The van der Waals surface area contributed by atoms with Crippen molar-refractivity contribution in [3.05, 3.63) is 24.3 Å². The summed E-state index contributed by atoms with van der Waals surface area (Å²) in [5.41, 5.74) is 5.81. The molecule has 1 saturated carbocycles. The zero-order chi connectivity index (χ0) is 16.3. The number of ether oxygens (including phenoxy) is 1. The molecule has 5 nitrogen and oxygen atoms in total. The number of sulfonamides is 1. The van der Waals surface area contributed by atoms with Crippen LogP contribution in [-0.4, -0.2) is 38.5 Å². The van der Waals surface area contributed by atoms with E-state index in [-0.39, 0.29) is 18.4 Å². The normalized spacial score (nSPS) is 23.0. The van der Waals surface area contributed by atoms with Crippen molar-refractivity contribution >= 4 is 22.4 Å². The maximum atomic E-state index is 12.5. The highest BCUT2D eigenvalue weighted by molar-refractivity contribution is 7.89. The van der Waals surface area contributed by atoms with E-state index in [1.54, 1.807) is 24.3 Å². The molecule has 2 aliphatic rings. The lowest BCUT2D eigenvalue weighted by molar-refractivity contribution is 0.208. The van der Waals surface area contributed by atoms with Crippen molar-refractivity contribution in [2.24, 2.45) is 11.7 Å². The number of hydrogen-bond donors (Lipinski definition) is 1. The molecule has 1 aromatic carbocycles. The van der Waals surface area contributed by atoms with Crippen molar-refractivity contribution in [2.45, 2.75) is 49.5 Å². The summed E-state index contributed by atoms with van der Waals surface area (Å²) in [5, 5.41) is 0. The summed E-state index contributed by atoms with van der Waals surface area (Å²) in [4.78, 5) is 0.316. The Morgan fingerprint density at radius 1 is 1.08 bits per heavy atom. The van der Waals surface area contributed by atoms with Gasteiger partial charge in [0.05, 0.1) is 11.5 Å². The zero-order valence-corrected chi connectivity index (χ0v) is 15.5. The van der Waals surface area contributed by atoms with E-state index in [9.17, 15) is 8.42 Å². The van der Waals surface area contributed by atoms with Gasteiger partial charge in [-0.25, -0.2) is 8.42 Å². The SMILES string of the molecule is Cl.N[C@@H]1CCN(S(=O)(=O)c2ccc(OCC3CCCCC3)cc2)C1. The third kappa shape index (κ3) is 4.63. The lowest BCUT2D eigenvalue weighted by Crippen LogP contribution is -2.31. The van der Waals surface area contributed by atoms with Crippen LogP contribution in [0.4, 0.5) is 0 Å². The van der Waals surface area contributed by atoms with Crippen LogP contribution in [0.5, 0.6) is 5.75 Å². The highest BCUT2D eigenvalue weighted by Gasteiger charge is 2.30. The molecule has 136 valence electrons. The molecule has 1 aromatic rings. The number of halogens is 1. The smallest absolute Gasteiger partial charge is 0.243 e. The van der Waals surface area contributed by atoms with Crippen molar-refractivity contribution in [3.8, 4) is 5.75 Å². The second-order valence-corrected chi connectivity index (χ2v) is 8.64. The molecule has 1 saturated heterocycles. The summed E-state index contributed by atoms with van der Waals surface area (Å²) in [6.07, 6.45) is 7.13. The van der Waals surface area contributed by atoms with Crippen LogP contribution < -0.4 is 10.5 Å². The number of nitrogens with zero attached hydrogens (tertiary/aromatic N) is 1. The summed E-state index contributed by atoms with van der Waals surface area (Å²) in [6, 6.07) is 6.73. The minimum atomic E-state index is -3.43. The highest BCUT2D eigenvalue weighted by atomic mass is 35.5. The molecule has 3 rings (SSSR count). The largest absolute Gasteiger partial charge is 0.493 e. The molecule has 0 aromatic heterocycles. The number of benzene rings is 1. The lowest BCUT2D eigenvalue weighted by atomic mass is 9.90. The van der Waals surface area contributed by atoms with Crippen LogP contribution in [0.15, 0.2) is 29.2 Å². The lowest BCUT2D eigenvalue weighted by Gasteiger charge is -2.21. The van der Waals surface area contributed by atoms with E-state index in [0.29, 0.717) is 23.9 Å². The quantitative estimate of drug-likeness (QED) is 0.860. The molecule has 7 heteroatoms. The van der Waals surface area contributed by atoms with Gasteiger partial charge in [0.1, 0.15) is 5.75 Å². The van der Waals surface area contributed by atoms with E-state index in [2.05, 4.69) is 0 Å². The Labute approximate surface area is 151 Å². The van der Waals surface area contributed by atoms with Crippen molar-refractivity contribution < 1.29 is 13.2 Å². The van der Waals surface area contributed by atoms with Crippen LogP contribution in [-0.2, 0) is 10.0 Å². The Balaban J connectivity index is 0.00000208. The van der Waals surface area contributed by atoms with Crippen molar-refractivity contribution in [2.75, 3.05) is 19.7 Å². The minimum Gasteiger partial charge on any atom is -0.493 e. The predicted octanol–water partition coefficient (Wildman–Crippen LogP) is 2.79. The first kappa shape index (κ1) is 19.5. The number of rotatable bonds is 5. The molecule has 0 unspecified atom stereocenters. The van der Waals surface area contributed by atoms with Gasteiger partial charge >= 0.3 is 0 Å². The standard InChI is InChI=1S/C17H26N2O3S.ClH/c18-15-10-11-19(12-15)23(20,21)17-8-6-16(7-9-17)22-13-14-4-2-1-3-5-14;/h6-9,14-15H,1-5,10-13,18H2;1H/t15-;/m1./s1. The number of hydrogen-bond acceptors (Lipinski definition) is 4. The maximum absolute atomic E-state index is 12.5. The van der Waals surface area contributed by atoms with Crippen LogP contribution in [0.3, 0.4) is 0 Å². The van der Waals surface area contributed by atoms with Crippen LogP contribution in [0.2, 0.25) is 0 Å². The van der Waals surface area contributed by atoms with Gasteiger partial charge in [-0.1, -0.05) is 19.3 Å². The summed E-state index contributed by atoms with van der Waals surface area (Å²) >= 11 is 0. The molecule has 0 spiro atoms. The zero-order valence-electron chi connectivity index (χ0n) is 13.9. The Morgan fingerprint density at radius 3 is 2.33 bits per heavy atom. The van der Waals surface area contributed by atoms with Crippen molar-refractivity contribution in [3.63, 3.8) is 0 Å². The van der Waals surface area contributed by atoms with E-state index >= 15 is 0 Å².